The van der Waals surface area contributed by atoms with E-state index >= 15 is 0 Å². The van der Waals surface area contributed by atoms with Crippen molar-refractivity contribution in [2.24, 2.45) is 16.8 Å². The summed E-state index contributed by atoms with van der Waals surface area (Å²) in [4.78, 5) is 18.6. The molecule has 1 aliphatic heterocycles. The average molecular weight is 342 g/mol. The van der Waals surface area contributed by atoms with Crippen LogP contribution in [0.3, 0.4) is 0 Å². The van der Waals surface area contributed by atoms with Gasteiger partial charge < -0.3 is 15.5 Å². The van der Waals surface area contributed by atoms with Gasteiger partial charge in [0, 0.05) is 26.2 Å². The minimum Gasteiger partial charge on any atom is -0.353 e. The average Bonchev–Trinajstić information content (AvgIpc) is 3.34. The summed E-state index contributed by atoms with van der Waals surface area (Å²) in [5.41, 5.74) is 1.40. The number of rotatable bonds is 5. The summed E-state index contributed by atoms with van der Waals surface area (Å²) in [6.07, 6.45) is 4.49. The first kappa shape index (κ1) is 17.8. The highest BCUT2D eigenvalue weighted by atomic mass is 16.2. The molecule has 5 nitrogen and oxygen atoms in total. The maximum Gasteiger partial charge on any atom is 0.241 e. The van der Waals surface area contributed by atoms with E-state index in [1.165, 1.54) is 12.0 Å². The molecule has 1 aromatic carbocycles. The Hall–Kier alpha value is -2.04. The molecule has 2 N–H and O–H groups in total. The van der Waals surface area contributed by atoms with Gasteiger partial charge in [0.2, 0.25) is 5.91 Å². The molecule has 2 unspecified atom stereocenters. The summed E-state index contributed by atoms with van der Waals surface area (Å²) in [5, 5.41) is 6.51. The molecular formula is C20H30N4O. The van der Waals surface area contributed by atoms with Crippen LogP contribution in [0.5, 0.6) is 0 Å². The van der Waals surface area contributed by atoms with Crippen molar-refractivity contribution in [2.45, 2.75) is 38.6 Å². The summed E-state index contributed by atoms with van der Waals surface area (Å²) in [6.45, 7) is 4.27. The number of likely N-dealkylation sites (tertiary alicyclic amines) is 1. The lowest BCUT2D eigenvalue weighted by atomic mass is 9.90. The minimum absolute atomic E-state index is 0.171. The molecule has 3 rings (SSSR count). The summed E-state index contributed by atoms with van der Waals surface area (Å²) in [6, 6.07) is 11.2. The molecule has 2 aliphatic rings. The minimum atomic E-state index is 0.171. The Labute approximate surface area is 150 Å². The van der Waals surface area contributed by atoms with E-state index in [0.717, 1.165) is 38.3 Å². The number of benzene rings is 1. The van der Waals surface area contributed by atoms with E-state index in [9.17, 15) is 4.79 Å². The molecule has 1 saturated carbocycles. The fourth-order valence-electron chi connectivity index (χ4n) is 3.50. The first-order chi connectivity index (χ1) is 12.2. The molecule has 136 valence electrons. The largest absolute Gasteiger partial charge is 0.353 e. The molecule has 0 aromatic heterocycles. The number of carbonyl (C=O) groups is 1. The Balaban J connectivity index is 1.37. The van der Waals surface area contributed by atoms with Crippen LogP contribution in [0.25, 0.3) is 0 Å². The van der Waals surface area contributed by atoms with Gasteiger partial charge >= 0.3 is 0 Å². The van der Waals surface area contributed by atoms with Crippen LogP contribution in [0.1, 0.15) is 31.7 Å². The monoisotopic (exact) mass is 342 g/mol. The Morgan fingerprint density at radius 1 is 1.24 bits per heavy atom. The van der Waals surface area contributed by atoms with E-state index in [1.54, 1.807) is 7.05 Å². The molecule has 25 heavy (non-hydrogen) atoms. The van der Waals surface area contributed by atoms with Gasteiger partial charge in [0.15, 0.2) is 5.96 Å². The van der Waals surface area contributed by atoms with Crippen molar-refractivity contribution >= 4 is 11.9 Å². The van der Waals surface area contributed by atoms with Crippen molar-refractivity contribution in [2.75, 3.05) is 26.7 Å². The number of nitrogens with zero attached hydrogens (tertiary/aromatic N) is 2. The van der Waals surface area contributed by atoms with Crippen molar-refractivity contribution in [1.29, 1.82) is 0 Å². The number of hydrogen-bond acceptors (Lipinski definition) is 2. The Kier molecular flexibility index (Phi) is 5.95. The SMILES string of the molecule is CN=C(NCC(=O)N1CCC(Cc2ccccc2)CC1)NC1CC1C. The van der Waals surface area contributed by atoms with Gasteiger partial charge in [-0.15, -0.1) is 0 Å². The van der Waals surface area contributed by atoms with Gasteiger partial charge in [-0.25, -0.2) is 0 Å². The second-order valence-electron chi connectivity index (χ2n) is 7.40. The molecule has 2 fully saturated rings. The topological polar surface area (TPSA) is 56.7 Å². The molecule has 1 heterocycles. The number of nitrogens with one attached hydrogen (secondary N) is 2. The van der Waals surface area contributed by atoms with Gasteiger partial charge in [-0.05, 0) is 43.1 Å². The molecular weight excluding hydrogens is 312 g/mol. The van der Waals surface area contributed by atoms with Gasteiger partial charge in [-0.1, -0.05) is 37.3 Å². The molecule has 0 radical (unpaired) electrons. The number of carbonyl (C=O) groups excluding carboxylic acids is 1. The molecule has 1 aromatic rings. The van der Waals surface area contributed by atoms with Gasteiger partial charge in [-0.3, -0.25) is 9.79 Å². The predicted molar refractivity (Wildman–Crippen MR) is 102 cm³/mol. The summed E-state index contributed by atoms with van der Waals surface area (Å²) < 4.78 is 0. The molecule has 1 saturated heterocycles. The lowest BCUT2D eigenvalue weighted by Gasteiger charge is -2.32. The van der Waals surface area contributed by atoms with Crippen LogP contribution < -0.4 is 10.6 Å². The Morgan fingerprint density at radius 3 is 2.52 bits per heavy atom. The van der Waals surface area contributed by atoms with E-state index in [-0.39, 0.29) is 5.91 Å². The van der Waals surface area contributed by atoms with Crippen LogP contribution in [0.2, 0.25) is 0 Å². The Bertz CT molecular complexity index is 593. The number of aliphatic imine (C=N–C) groups is 1. The molecule has 1 amide bonds. The van der Waals surface area contributed by atoms with E-state index in [2.05, 4.69) is 52.9 Å². The fourth-order valence-corrected chi connectivity index (χ4v) is 3.50. The van der Waals surface area contributed by atoms with Crippen molar-refractivity contribution in [3.05, 3.63) is 35.9 Å². The van der Waals surface area contributed by atoms with Crippen LogP contribution in [0, 0.1) is 11.8 Å². The molecule has 0 spiro atoms. The first-order valence-corrected chi connectivity index (χ1v) is 9.44. The second-order valence-corrected chi connectivity index (χ2v) is 7.40. The number of guanidine groups is 1. The number of amides is 1. The maximum atomic E-state index is 12.4. The second kappa shape index (κ2) is 8.37. The lowest BCUT2D eigenvalue weighted by molar-refractivity contribution is -0.131. The smallest absolute Gasteiger partial charge is 0.241 e. The van der Waals surface area contributed by atoms with Crippen molar-refractivity contribution in [3.8, 4) is 0 Å². The van der Waals surface area contributed by atoms with E-state index < -0.39 is 0 Å². The van der Waals surface area contributed by atoms with Crippen LogP contribution in [-0.4, -0.2) is 49.5 Å². The molecule has 2 atom stereocenters. The van der Waals surface area contributed by atoms with Crippen LogP contribution in [0.15, 0.2) is 35.3 Å². The van der Waals surface area contributed by atoms with Gasteiger partial charge in [0.05, 0.1) is 6.54 Å². The third-order valence-corrected chi connectivity index (χ3v) is 5.40. The van der Waals surface area contributed by atoms with Gasteiger partial charge in [0.1, 0.15) is 0 Å². The third kappa shape index (κ3) is 5.21. The lowest BCUT2D eigenvalue weighted by Crippen LogP contribution is -2.47. The third-order valence-electron chi connectivity index (χ3n) is 5.40. The van der Waals surface area contributed by atoms with Crippen LogP contribution >= 0.6 is 0 Å². The predicted octanol–water partition coefficient (Wildman–Crippen LogP) is 2.04. The Morgan fingerprint density at radius 2 is 1.92 bits per heavy atom. The highest BCUT2D eigenvalue weighted by molar-refractivity contribution is 5.86. The molecule has 5 heteroatoms. The zero-order chi connectivity index (χ0) is 17.6. The van der Waals surface area contributed by atoms with Crippen LogP contribution in [0.4, 0.5) is 0 Å². The van der Waals surface area contributed by atoms with Gasteiger partial charge in [-0.2, -0.15) is 0 Å². The van der Waals surface area contributed by atoms with Crippen molar-refractivity contribution in [3.63, 3.8) is 0 Å². The van der Waals surface area contributed by atoms with E-state index in [4.69, 9.17) is 0 Å². The maximum absolute atomic E-state index is 12.4. The number of hydrogen-bond donors (Lipinski definition) is 2. The van der Waals surface area contributed by atoms with E-state index in [0.29, 0.717) is 24.4 Å². The molecule has 1 aliphatic carbocycles. The highest BCUT2D eigenvalue weighted by Gasteiger charge is 2.33. The summed E-state index contributed by atoms with van der Waals surface area (Å²) in [7, 11) is 1.75. The van der Waals surface area contributed by atoms with E-state index in [1.807, 2.05) is 4.90 Å². The normalized spacial score (nSPS) is 24.1. The van der Waals surface area contributed by atoms with Crippen molar-refractivity contribution < 1.29 is 4.79 Å². The van der Waals surface area contributed by atoms with Crippen molar-refractivity contribution in [1.82, 2.24) is 15.5 Å². The number of piperidine rings is 1. The zero-order valence-corrected chi connectivity index (χ0v) is 15.4. The standard InChI is InChI=1S/C20H30N4O/c1-15-12-18(15)23-20(21-2)22-14-19(25)24-10-8-17(9-11-24)13-16-6-4-3-5-7-16/h3-7,15,17-18H,8-14H2,1-2H3,(H2,21,22,23). The summed E-state index contributed by atoms with van der Waals surface area (Å²) in [5.74, 6) is 2.30. The quantitative estimate of drug-likeness (QED) is 0.636. The van der Waals surface area contributed by atoms with Crippen LogP contribution in [-0.2, 0) is 11.2 Å². The van der Waals surface area contributed by atoms with Gasteiger partial charge in [0.25, 0.3) is 0 Å². The summed E-state index contributed by atoms with van der Waals surface area (Å²) >= 11 is 0. The highest BCUT2D eigenvalue weighted by Crippen LogP contribution is 2.28. The first-order valence-electron chi connectivity index (χ1n) is 9.44. The molecule has 0 bridgehead atoms. The zero-order valence-electron chi connectivity index (χ0n) is 15.4. The fraction of sp³-hybridized carbons (Fsp3) is 0.600.